The van der Waals surface area contributed by atoms with Gasteiger partial charge in [0.1, 0.15) is 11.9 Å². The quantitative estimate of drug-likeness (QED) is 0.855. The number of hydrogen-bond acceptors (Lipinski definition) is 4. The van der Waals surface area contributed by atoms with Crippen LogP contribution in [-0.2, 0) is 0 Å². The number of ether oxygens (including phenoxy) is 1. The van der Waals surface area contributed by atoms with Crippen molar-refractivity contribution in [3.8, 4) is 5.88 Å². The Labute approximate surface area is 146 Å². The third-order valence-electron chi connectivity index (χ3n) is 3.97. The molecule has 1 aliphatic rings. The van der Waals surface area contributed by atoms with Gasteiger partial charge in [0.2, 0.25) is 5.88 Å². The van der Waals surface area contributed by atoms with Gasteiger partial charge in [-0.1, -0.05) is 17.7 Å². The summed E-state index contributed by atoms with van der Waals surface area (Å²) < 4.78 is 5.99. The van der Waals surface area contributed by atoms with Crippen LogP contribution in [0.15, 0.2) is 30.3 Å². The van der Waals surface area contributed by atoms with E-state index in [1.54, 1.807) is 24.3 Å². The van der Waals surface area contributed by atoms with Crippen LogP contribution >= 0.6 is 11.6 Å². The second-order valence-corrected chi connectivity index (χ2v) is 6.47. The molecule has 1 amide bonds. The highest BCUT2D eigenvalue weighted by molar-refractivity contribution is 6.30. The first kappa shape index (κ1) is 16.7. The fourth-order valence-corrected chi connectivity index (χ4v) is 3.13. The van der Waals surface area contributed by atoms with Crippen LogP contribution in [0.3, 0.4) is 0 Å². The topological polar surface area (TPSA) is 55.3 Å². The second kappa shape index (κ2) is 7.18. The third kappa shape index (κ3) is 4.03. The number of nitrogens with zero attached hydrogens (tertiary/aromatic N) is 3. The van der Waals surface area contributed by atoms with Gasteiger partial charge in [-0.05, 0) is 44.9 Å². The monoisotopic (exact) mass is 345 g/mol. The van der Waals surface area contributed by atoms with E-state index < -0.39 is 0 Å². The van der Waals surface area contributed by atoms with E-state index in [4.69, 9.17) is 16.3 Å². The minimum absolute atomic E-state index is 0.0131. The Morgan fingerprint density at radius 2 is 2.12 bits per heavy atom. The minimum atomic E-state index is -0.0596. The normalized spacial score (nSPS) is 17.6. The predicted molar refractivity (Wildman–Crippen MR) is 92.5 cm³/mol. The summed E-state index contributed by atoms with van der Waals surface area (Å²) in [7, 11) is 0. The molecule has 0 aliphatic carbocycles. The molecule has 126 valence electrons. The fourth-order valence-electron chi connectivity index (χ4n) is 2.94. The van der Waals surface area contributed by atoms with Crippen molar-refractivity contribution in [1.82, 2.24) is 14.9 Å². The van der Waals surface area contributed by atoms with Crippen LogP contribution in [0.2, 0.25) is 5.02 Å². The average molecular weight is 346 g/mol. The maximum Gasteiger partial charge on any atom is 0.254 e. The second-order valence-electron chi connectivity index (χ2n) is 6.04. The molecule has 1 fully saturated rings. The Morgan fingerprint density at radius 1 is 1.29 bits per heavy atom. The van der Waals surface area contributed by atoms with Crippen LogP contribution in [0.25, 0.3) is 0 Å². The van der Waals surface area contributed by atoms with Gasteiger partial charge in [-0.25, -0.2) is 4.98 Å². The van der Waals surface area contributed by atoms with Crippen molar-refractivity contribution in [2.24, 2.45) is 0 Å². The number of rotatable bonds is 3. The fraction of sp³-hybridized carbons (Fsp3) is 0.389. The molecule has 3 rings (SSSR count). The Balaban J connectivity index is 1.69. The van der Waals surface area contributed by atoms with E-state index in [0.29, 0.717) is 28.8 Å². The maximum absolute atomic E-state index is 12.6. The first-order valence-corrected chi connectivity index (χ1v) is 8.43. The number of carbonyl (C=O) groups is 1. The molecule has 1 aromatic heterocycles. The van der Waals surface area contributed by atoms with Crippen molar-refractivity contribution >= 4 is 17.5 Å². The Hall–Kier alpha value is -2.14. The van der Waals surface area contributed by atoms with Gasteiger partial charge >= 0.3 is 0 Å². The van der Waals surface area contributed by atoms with Gasteiger partial charge < -0.3 is 9.64 Å². The Morgan fingerprint density at radius 3 is 2.88 bits per heavy atom. The number of hydrogen-bond donors (Lipinski definition) is 0. The molecule has 2 aromatic rings. The number of carbonyl (C=O) groups excluding carboxylic acids is 1. The van der Waals surface area contributed by atoms with Crippen molar-refractivity contribution in [1.29, 1.82) is 0 Å². The van der Waals surface area contributed by atoms with E-state index in [9.17, 15) is 4.79 Å². The maximum atomic E-state index is 12.6. The minimum Gasteiger partial charge on any atom is -0.472 e. The molecule has 0 unspecified atom stereocenters. The van der Waals surface area contributed by atoms with E-state index in [1.165, 1.54) is 0 Å². The number of halogens is 1. The molecule has 0 spiro atoms. The molecule has 0 saturated carbocycles. The van der Waals surface area contributed by atoms with E-state index in [-0.39, 0.29) is 12.0 Å². The van der Waals surface area contributed by atoms with Crippen LogP contribution in [0.5, 0.6) is 5.88 Å². The molecular weight excluding hydrogens is 326 g/mol. The van der Waals surface area contributed by atoms with Crippen LogP contribution in [-0.4, -0.2) is 40.0 Å². The largest absolute Gasteiger partial charge is 0.472 e. The Kier molecular flexibility index (Phi) is 5.00. The molecule has 5 nitrogen and oxygen atoms in total. The van der Waals surface area contributed by atoms with Gasteiger partial charge in [-0.2, -0.15) is 4.98 Å². The molecule has 2 heterocycles. The molecule has 0 bridgehead atoms. The summed E-state index contributed by atoms with van der Waals surface area (Å²) in [5.74, 6) is 1.25. The van der Waals surface area contributed by atoms with E-state index in [1.807, 2.05) is 24.8 Å². The summed E-state index contributed by atoms with van der Waals surface area (Å²) in [6, 6.07) is 8.87. The van der Waals surface area contributed by atoms with E-state index in [2.05, 4.69) is 9.97 Å². The molecule has 0 N–H and O–H groups in total. The number of likely N-dealkylation sites (tertiary alicyclic amines) is 1. The lowest BCUT2D eigenvalue weighted by Gasteiger charge is -2.32. The van der Waals surface area contributed by atoms with Gasteiger partial charge in [-0.3, -0.25) is 4.79 Å². The summed E-state index contributed by atoms with van der Waals surface area (Å²) in [6.45, 7) is 5.04. The summed E-state index contributed by atoms with van der Waals surface area (Å²) in [5.41, 5.74) is 1.48. The van der Waals surface area contributed by atoms with E-state index in [0.717, 1.165) is 25.1 Å². The van der Waals surface area contributed by atoms with Crippen LogP contribution in [0.4, 0.5) is 0 Å². The number of benzene rings is 1. The molecule has 6 heteroatoms. The molecule has 24 heavy (non-hydrogen) atoms. The molecule has 1 atom stereocenters. The molecule has 1 aliphatic heterocycles. The molecule has 1 saturated heterocycles. The molecule has 0 radical (unpaired) electrons. The zero-order chi connectivity index (χ0) is 17.1. The van der Waals surface area contributed by atoms with Gasteiger partial charge in [0.15, 0.2) is 0 Å². The highest BCUT2D eigenvalue weighted by Gasteiger charge is 2.26. The van der Waals surface area contributed by atoms with Gasteiger partial charge in [-0.15, -0.1) is 0 Å². The van der Waals surface area contributed by atoms with E-state index >= 15 is 0 Å². The number of piperidine rings is 1. The number of aryl methyl sites for hydroxylation is 2. The predicted octanol–water partition coefficient (Wildman–Crippen LogP) is 3.43. The standard InChI is InChI=1S/C18H20ClN3O2/c1-12-9-17(21-13(2)20-12)24-16-7-4-8-22(11-16)18(23)14-5-3-6-15(19)10-14/h3,5-6,9-10,16H,4,7-8,11H2,1-2H3/t16-/m1/s1. The molecular formula is C18H20ClN3O2. The summed E-state index contributed by atoms with van der Waals surface area (Å²) in [4.78, 5) is 23.0. The number of amides is 1. The summed E-state index contributed by atoms with van der Waals surface area (Å²) >= 11 is 5.98. The summed E-state index contributed by atoms with van der Waals surface area (Å²) in [6.07, 6.45) is 1.75. The molecule has 1 aromatic carbocycles. The smallest absolute Gasteiger partial charge is 0.254 e. The summed E-state index contributed by atoms with van der Waals surface area (Å²) in [5, 5.41) is 0.567. The highest BCUT2D eigenvalue weighted by atomic mass is 35.5. The lowest BCUT2D eigenvalue weighted by molar-refractivity contribution is 0.0527. The van der Waals surface area contributed by atoms with Crippen molar-refractivity contribution in [2.45, 2.75) is 32.8 Å². The lowest BCUT2D eigenvalue weighted by Crippen LogP contribution is -2.44. The van der Waals surface area contributed by atoms with Crippen molar-refractivity contribution in [2.75, 3.05) is 13.1 Å². The van der Waals surface area contributed by atoms with Crippen molar-refractivity contribution in [3.05, 3.63) is 52.4 Å². The van der Waals surface area contributed by atoms with Gasteiger partial charge in [0.25, 0.3) is 5.91 Å². The zero-order valence-electron chi connectivity index (χ0n) is 13.8. The van der Waals surface area contributed by atoms with Crippen LogP contribution in [0.1, 0.15) is 34.7 Å². The average Bonchev–Trinajstić information content (AvgIpc) is 2.53. The van der Waals surface area contributed by atoms with Crippen molar-refractivity contribution in [3.63, 3.8) is 0 Å². The van der Waals surface area contributed by atoms with Gasteiger partial charge in [0, 0.05) is 28.9 Å². The number of aromatic nitrogens is 2. The first-order chi connectivity index (χ1) is 11.5. The van der Waals surface area contributed by atoms with Gasteiger partial charge in [0.05, 0.1) is 6.54 Å². The first-order valence-electron chi connectivity index (χ1n) is 8.05. The third-order valence-corrected chi connectivity index (χ3v) is 4.20. The van der Waals surface area contributed by atoms with Crippen molar-refractivity contribution < 1.29 is 9.53 Å². The highest BCUT2D eigenvalue weighted by Crippen LogP contribution is 2.20. The van der Waals surface area contributed by atoms with Crippen LogP contribution in [0, 0.1) is 13.8 Å². The SMILES string of the molecule is Cc1cc(O[C@@H]2CCCN(C(=O)c3cccc(Cl)c3)C2)nc(C)n1. The zero-order valence-corrected chi connectivity index (χ0v) is 14.6. The Bertz CT molecular complexity index is 731. The van der Waals surface area contributed by atoms with Crippen LogP contribution < -0.4 is 4.74 Å². The lowest BCUT2D eigenvalue weighted by atomic mass is 10.1.